The Morgan fingerprint density at radius 2 is 1.62 bits per heavy atom. The van der Waals surface area contributed by atoms with Crippen LogP contribution >= 0.6 is 0 Å². The number of hydrogen-bond acceptors (Lipinski definition) is 3. The maximum Gasteiger partial charge on any atom is 0.181 e. The number of aromatic amines is 1. The number of H-pyrrole nitrogens is 1. The first kappa shape index (κ1) is 11.8. The molecular weight excluding hydrogens is 260 g/mol. The highest BCUT2D eigenvalue weighted by molar-refractivity contribution is 5.95. The summed E-state index contributed by atoms with van der Waals surface area (Å²) in [6.45, 7) is 0. The Balaban J connectivity index is 1.85. The number of nitrogens with zero attached hydrogens (tertiary/aromatic N) is 3. The summed E-state index contributed by atoms with van der Waals surface area (Å²) in [5.74, 6) is 1.46. The first-order valence-electron chi connectivity index (χ1n) is 6.73. The monoisotopic (exact) mass is 272 g/mol. The quantitative estimate of drug-likeness (QED) is 0.605. The van der Waals surface area contributed by atoms with E-state index in [9.17, 15) is 0 Å². The van der Waals surface area contributed by atoms with Gasteiger partial charge in [-0.1, -0.05) is 42.5 Å². The summed E-state index contributed by atoms with van der Waals surface area (Å²) in [6.07, 6.45) is 3.48. The molecule has 4 rings (SSSR count). The summed E-state index contributed by atoms with van der Waals surface area (Å²) < 4.78 is 0. The lowest BCUT2D eigenvalue weighted by Crippen LogP contribution is -1.84. The molecule has 0 aliphatic rings. The third-order valence-electron chi connectivity index (χ3n) is 3.47. The second-order valence-corrected chi connectivity index (χ2v) is 4.77. The minimum atomic E-state index is 0.681. The van der Waals surface area contributed by atoms with Crippen LogP contribution < -0.4 is 0 Å². The van der Waals surface area contributed by atoms with Crippen molar-refractivity contribution in [3.63, 3.8) is 0 Å². The Morgan fingerprint density at radius 1 is 0.810 bits per heavy atom. The minimum Gasteiger partial charge on any atom is -0.265 e. The lowest BCUT2D eigenvalue weighted by Gasteiger charge is -2.02. The van der Waals surface area contributed by atoms with Crippen molar-refractivity contribution in [1.82, 2.24) is 20.2 Å². The second kappa shape index (κ2) is 4.83. The summed E-state index contributed by atoms with van der Waals surface area (Å²) in [5, 5.41) is 9.69. The van der Waals surface area contributed by atoms with Crippen LogP contribution in [0.3, 0.4) is 0 Å². The van der Waals surface area contributed by atoms with Crippen LogP contribution in [0.4, 0.5) is 0 Å². The predicted molar refractivity (Wildman–Crippen MR) is 82.6 cm³/mol. The van der Waals surface area contributed by atoms with E-state index in [1.54, 1.807) is 12.4 Å². The molecule has 0 saturated heterocycles. The molecule has 1 N–H and O–H groups in total. The number of rotatable bonds is 2. The zero-order chi connectivity index (χ0) is 14.1. The fourth-order valence-electron chi connectivity index (χ4n) is 2.44. The molecule has 0 radical (unpaired) electrons. The van der Waals surface area contributed by atoms with E-state index < -0.39 is 0 Å². The van der Waals surface area contributed by atoms with Crippen molar-refractivity contribution in [3.05, 3.63) is 67.0 Å². The van der Waals surface area contributed by atoms with Gasteiger partial charge in [-0.2, -0.15) is 5.10 Å². The molecule has 0 unspecified atom stereocenters. The summed E-state index contributed by atoms with van der Waals surface area (Å²) in [4.78, 5) is 8.62. The molecule has 0 spiro atoms. The van der Waals surface area contributed by atoms with Crippen LogP contribution in [0.5, 0.6) is 0 Å². The molecule has 0 saturated carbocycles. The van der Waals surface area contributed by atoms with Gasteiger partial charge in [-0.15, -0.1) is 0 Å². The SMILES string of the molecule is c1ccc2c(-c3nc(-c4ccncc4)n[nH]3)cccc2c1. The molecule has 2 aromatic carbocycles. The van der Waals surface area contributed by atoms with Crippen molar-refractivity contribution in [2.24, 2.45) is 0 Å². The topological polar surface area (TPSA) is 54.5 Å². The lowest BCUT2D eigenvalue weighted by molar-refractivity contribution is 1.10. The number of aromatic nitrogens is 4. The largest absolute Gasteiger partial charge is 0.265 e. The normalized spacial score (nSPS) is 10.9. The van der Waals surface area contributed by atoms with E-state index in [2.05, 4.69) is 44.4 Å². The highest BCUT2D eigenvalue weighted by Gasteiger charge is 2.09. The molecule has 21 heavy (non-hydrogen) atoms. The van der Waals surface area contributed by atoms with Crippen LogP contribution in [0.1, 0.15) is 0 Å². The number of hydrogen-bond donors (Lipinski definition) is 1. The van der Waals surface area contributed by atoms with Gasteiger partial charge in [-0.25, -0.2) is 4.98 Å². The number of nitrogens with one attached hydrogen (secondary N) is 1. The van der Waals surface area contributed by atoms with Gasteiger partial charge in [0, 0.05) is 23.5 Å². The van der Waals surface area contributed by atoms with Gasteiger partial charge in [0.15, 0.2) is 11.6 Å². The highest BCUT2D eigenvalue weighted by atomic mass is 15.2. The maximum absolute atomic E-state index is 4.61. The van der Waals surface area contributed by atoms with Gasteiger partial charge in [0.1, 0.15) is 0 Å². The van der Waals surface area contributed by atoms with Crippen LogP contribution in [0.2, 0.25) is 0 Å². The van der Waals surface area contributed by atoms with Crippen molar-refractivity contribution < 1.29 is 0 Å². The number of fused-ring (bicyclic) bond motifs is 1. The van der Waals surface area contributed by atoms with E-state index in [0.29, 0.717) is 5.82 Å². The van der Waals surface area contributed by atoms with Crippen LogP contribution in [-0.2, 0) is 0 Å². The van der Waals surface area contributed by atoms with E-state index in [1.165, 1.54) is 5.39 Å². The summed E-state index contributed by atoms with van der Waals surface area (Å²) >= 11 is 0. The van der Waals surface area contributed by atoms with Gasteiger partial charge < -0.3 is 0 Å². The fourth-order valence-corrected chi connectivity index (χ4v) is 2.44. The molecule has 4 heteroatoms. The van der Waals surface area contributed by atoms with Crippen molar-refractivity contribution in [3.8, 4) is 22.8 Å². The Bertz CT molecular complexity index is 891. The zero-order valence-corrected chi connectivity index (χ0v) is 11.2. The summed E-state index contributed by atoms with van der Waals surface area (Å²) in [7, 11) is 0. The molecule has 4 aromatic rings. The average molecular weight is 272 g/mol. The van der Waals surface area contributed by atoms with Gasteiger partial charge in [0.2, 0.25) is 0 Å². The number of pyridine rings is 1. The predicted octanol–water partition coefficient (Wildman–Crippen LogP) is 3.69. The second-order valence-electron chi connectivity index (χ2n) is 4.77. The average Bonchev–Trinajstić information content (AvgIpc) is 3.05. The minimum absolute atomic E-state index is 0.681. The first-order chi connectivity index (χ1) is 10.4. The van der Waals surface area contributed by atoms with Crippen molar-refractivity contribution >= 4 is 10.8 Å². The fraction of sp³-hybridized carbons (Fsp3) is 0. The van der Waals surface area contributed by atoms with Gasteiger partial charge in [0.05, 0.1) is 0 Å². The molecule has 0 bridgehead atoms. The highest BCUT2D eigenvalue weighted by Crippen LogP contribution is 2.27. The summed E-state index contributed by atoms with van der Waals surface area (Å²) in [6, 6.07) is 18.2. The Hall–Kier alpha value is -3.01. The molecule has 0 fully saturated rings. The van der Waals surface area contributed by atoms with Gasteiger partial charge in [0.25, 0.3) is 0 Å². The molecule has 0 aliphatic carbocycles. The molecule has 100 valence electrons. The van der Waals surface area contributed by atoms with Crippen LogP contribution in [0, 0.1) is 0 Å². The van der Waals surface area contributed by atoms with E-state index in [-0.39, 0.29) is 0 Å². The van der Waals surface area contributed by atoms with E-state index in [0.717, 1.165) is 22.3 Å². The van der Waals surface area contributed by atoms with Gasteiger partial charge >= 0.3 is 0 Å². The van der Waals surface area contributed by atoms with Crippen molar-refractivity contribution in [2.75, 3.05) is 0 Å². The molecule has 0 aliphatic heterocycles. The maximum atomic E-state index is 4.61. The Kier molecular flexibility index (Phi) is 2.71. The molecular formula is C17H12N4. The Morgan fingerprint density at radius 3 is 2.52 bits per heavy atom. The van der Waals surface area contributed by atoms with Crippen molar-refractivity contribution in [1.29, 1.82) is 0 Å². The van der Waals surface area contributed by atoms with Gasteiger partial charge in [-0.05, 0) is 22.9 Å². The van der Waals surface area contributed by atoms with Crippen molar-refractivity contribution in [2.45, 2.75) is 0 Å². The molecule has 4 nitrogen and oxygen atoms in total. The number of benzene rings is 2. The van der Waals surface area contributed by atoms with E-state index in [1.807, 2.05) is 30.3 Å². The van der Waals surface area contributed by atoms with E-state index in [4.69, 9.17) is 0 Å². The van der Waals surface area contributed by atoms with Gasteiger partial charge in [-0.3, -0.25) is 10.1 Å². The van der Waals surface area contributed by atoms with Crippen LogP contribution in [0.15, 0.2) is 67.0 Å². The first-order valence-corrected chi connectivity index (χ1v) is 6.73. The Labute approximate surface area is 121 Å². The smallest absolute Gasteiger partial charge is 0.181 e. The third-order valence-corrected chi connectivity index (χ3v) is 3.47. The lowest BCUT2D eigenvalue weighted by atomic mass is 10.0. The molecule has 2 heterocycles. The zero-order valence-electron chi connectivity index (χ0n) is 11.2. The standard InChI is InChI=1S/C17H12N4/c1-2-6-14-12(4-1)5-3-7-15(14)17-19-16(20-21-17)13-8-10-18-11-9-13/h1-11H,(H,19,20,21). The van der Waals surface area contributed by atoms with Crippen LogP contribution in [-0.4, -0.2) is 20.2 Å². The molecule has 2 aromatic heterocycles. The van der Waals surface area contributed by atoms with Crippen LogP contribution in [0.25, 0.3) is 33.5 Å². The molecule has 0 amide bonds. The molecule has 0 atom stereocenters. The third kappa shape index (κ3) is 2.07. The van der Waals surface area contributed by atoms with E-state index >= 15 is 0 Å². The summed E-state index contributed by atoms with van der Waals surface area (Å²) in [5.41, 5.74) is 2.01.